The van der Waals surface area contributed by atoms with Crippen molar-refractivity contribution in [2.45, 2.75) is 19.9 Å². The lowest BCUT2D eigenvalue weighted by molar-refractivity contribution is -0.425. The summed E-state index contributed by atoms with van der Waals surface area (Å²) in [5.74, 6) is 0. The number of allylic oxidation sites excluding steroid dienone is 1. The fourth-order valence-electron chi connectivity index (χ4n) is 1.91. The molecule has 0 aliphatic carbocycles. The Morgan fingerprint density at radius 3 is 2.63 bits per heavy atom. The van der Waals surface area contributed by atoms with Gasteiger partial charge in [-0.05, 0) is 24.1 Å². The second-order valence-corrected chi connectivity index (χ2v) is 4.33. The van der Waals surface area contributed by atoms with Crippen LogP contribution in [-0.4, -0.2) is 9.49 Å². The third kappa shape index (κ3) is 3.55. The van der Waals surface area contributed by atoms with E-state index in [1.807, 2.05) is 60.3 Å². The summed E-state index contributed by atoms with van der Waals surface area (Å²) in [7, 11) is 0. The number of aryl methyl sites for hydroxylation is 1. The average molecular weight is 256 g/mol. The minimum Gasteiger partial charge on any atom is -0.354 e. The number of nitro groups is 1. The number of benzene rings is 1. The molecule has 0 radical (unpaired) electrons. The minimum absolute atomic E-state index is 0.208. The largest absolute Gasteiger partial charge is 0.354 e. The van der Waals surface area contributed by atoms with Crippen LogP contribution in [0, 0.1) is 10.1 Å². The van der Waals surface area contributed by atoms with Gasteiger partial charge in [-0.2, -0.15) is 0 Å². The highest BCUT2D eigenvalue weighted by Crippen LogP contribution is 2.13. The summed E-state index contributed by atoms with van der Waals surface area (Å²) in [4.78, 5) is 10.8. The van der Waals surface area contributed by atoms with Gasteiger partial charge in [-0.15, -0.1) is 0 Å². The summed E-state index contributed by atoms with van der Waals surface area (Å²) in [5.41, 5.74) is 2.02. The van der Waals surface area contributed by atoms with Gasteiger partial charge in [0.2, 0.25) is 0 Å². The van der Waals surface area contributed by atoms with Crippen molar-refractivity contribution >= 4 is 6.08 Å². The third-order valence-corrected chi connectivity index (χ3v) is 2.93. The normalized spacial score (nSPS) is 11.5. The van der Waals surface area contributed by atoms with Gasteiger partial charge in [0, 0.05) is 25.0 Å². The molecule has 2 aromatic rings. The van der Waals surface area contributed by atoms with E-state index in [0.29, 0.717) is 6.42 Å². The van der Waals surface area contributed by atoms with Crippen LogP contribution in [-0.2, 0) is 13.0 Å². The van der Waals surface area contributed by atoms with Crippen LogP contribution in [0.25, 0.3) is 6.08 Å². The number of hydrogen-bond donors (Lipinski definition) is 0. The van der Waals surface area contributed by atoms with Crippen molar-refractivity contribution in [1.29, 1.82) is 0 Å². The van der Waals surface area contributed by atoms with E-state index in [-0.39, 0.29) is 10.6 Å². The Balaban J connectivity index is 2.22. The number of nitrogens with zero attached hydrogens (tertiary/aromatic N) is 2. The molecular formula is C15H16N2O2. The second kappa shape index (κ2) is 6.00. The predicted octanol–water partition coefficient (Wildman–Crippen LogP) is 3.37. The molecule has 0 bridgehead atoms. The smallest absolute Gasteiger partial charge is 0.251 e. The molecule has 0 aliphatic rings. The molecule has 19 heavy (non-hydrogen) atoms. The lowest BCUT2D eigenvalue weighted by Crippen LogP contribution is -2.02. The fourth-order valence-corrected chi connectivity index (χ4v) is 1.91. The molecule has 1 heterocycles. The molecule has 0 saturated heterocycles. The summed E-state index contributed by atoms with van der Waals surface area (Å²) in [6, 6.07) is 11.4. The van der Waals surface area contributed by atoms with Gasteiger partial charge in [-0.25, -0.2) is 0 Å². The Morgan fingerprint density at radius 1 is 1.32 bits per heavy atom. The molecule has 1 aromatic carbocycles. The quantitative estimate of drug-likeness (QED) is 0.608. The molecule has 0 fully saturated rings. The highest BCUT2D eigenvalue weighted by molar-refractivity contribution is 5.51. The standard InChI is InChI=1S/C15H16N2O2/c1-2-16-9-8-14(12-16)11-15(17(18)19)10-13-6-4-3-5-7-13/h3-9,11-12H,2,10H2,1H3. The van der Waals surface area contributed by atoms with Crippen LogP contribution in [0.2, 0.25) is 0 Å². The van der Waals surface area contributed by atoms with Gasteiger partial charge in [0.1, 0.15) is 0 Å². The van der Waals surface area contributed by atoms with Crippen molar-refractivity contribution in [2.24, 2.45) is 0 Å². The van der Waals surface area contributed by atoms with Crippen molar-refractivity contribution < 1.29 is 4.92 Å². The number of hydrogen-bond acceptors (Lipinski definition) is 2. The first-order valence-corrected chi connectivity index (χ1v) is 6.23. The molecule has 4 nitrogen and oxygen atoms in total. The summed E-state index contributed by atoms with van der Waals surface area (Å²) in [6.07, 6.45) is 5.81. The Kier molecular flexibility index (Phi) is 4.13. The summed E-state index contributed by atoms with van der Waals surface area (Å²) >= 11 is 0. The van der Waals surface area contributed by atoms with Crippen LogP contribution < -0.4 is 0 Å². The van der Waals surface area contributed by atoms with Crippen molar-refractivity contribution in [2.75, 3.05) is 0 Å². The van der Waals surface area contributed by atoms with E-state index in [0.717, 1.165) is 17.7 Å². The first-order valence-electron chi connectivity index (χ1n) is 6.23. The van der Waals surface area contributed by atoms with Crippen LogP contribution in [0.15, 0.2) is 54.5 Å². The number of aromatic nitrogens is 1. The molecule has 0 spiro atoms. The molecule has 4 heteroatoms. The molecule has 0 amide bonds. The molecule has 2 rings (SSSR count). The highest BCUT2D eigenvalue weighted by Gasteiger charge is 2.12. The molecule has 0 atom stereocenters. The van der Waals surface area contributed by atoms with E-state index in [4.69, 9.17) is 0 Å². The SMILES string of the molecule is CCn1ccc(C=C(Cc2ccccc2)[N+](=O)[O-])c1. The van der Waals surface area contributed by atoms with E-state index in [1.54, 1.807) is 6.08 Å². The first-order chi connectivity index (χ1) is 9.19. The van der Waals surface area contributed by atoms with Gasteiger partial charge in [0.05, 0.1) is 11.3 Å². The zero-order valence-electron chi connectivity index (χ0n) is 10.8. The van der Waals surface area contributed by atoms with Gasteiger partial charge in [0.15, 0.2) is 0 Å². The molecular weight excluding hydrogens is 240 g/mol. The topological polar surface area (TPSA) is 48.1 Å². The molecule has 0 saturated carbocycles. The maximum Gasteiger partial charge on any atom is 0.251 e. The van der Waals surface area contributed by atoms with Crippen LogP contribution >= 0.6 is 0 Å². The lowest BCUT2D eigenvalue weighted by Gasteiger charge is -1.99. The maximum atomic E-state index is 11.1. The zero-order valence-corrected chi connectivity index (χ0v) is 10.8. The monoisotopic (exact) mass is 256 g/mol. The highest BCUT2D eigenvalue weighted by atomic mass is 16.6. The molecule has 0 N–H and O–H groups in total. The first kappa shape index (κ1) is 13.1. The van der Waals surface area contributed by atoms with Crippen LogP contribution in [0.3, 0.4) is 0 Å². The van der Waals surface area contributed by atoms with Gasteiger partial charge >= 0.3 is 0 Å². The number of rotatable bonds is 5. The van der Waals surface area contributed by atoms with Crippen molar-refractivity contribution in [3.63, 3.8) is 0 Å². The average Bonchev–Trinajstić information content (AvgIpc) is 2.87. The Hall–Kier alpha value is -2.36. The van der Waals surface area contributed by atoms with Crippen LogP contribution in [0.4, 0.5) is 0 Å². The van der Waals surface area contributed by atoms with E-state index in [2.05, 4.69) is 0 Å². The Labute approximate surface area is 112 Å². The molecule has 0 unspecified atom stereocenters. The summed E-state index contributed by atoms with van der Waals surface area (Å²) in [6.45, 7) is 2.90. The second-order valence-electron chi connectivity index (χ2n) is 4.33. The fraction of sp³-hybridized carbons (Fsp3) is 0.200. The molecule has 1 aromatic heterocycles. The predicted molar refractivity (Wildman–Crippen MR) is 75.2 cm³/mol. The zero-order chi connectivity index (χ0) is 13.7. The van der Waals surface area contributed by atoms with E-state index in [9.17, 15) is 10.1 Å². The Morgan fingerprint density at radius 2 is 2.05 bits per heavy atom. The van der Waals surface area contributed by atoms with Gasteiger partial charge in [0.25, 0.3) is 5.70 Å². The van der Waals surface area contributed by atoms with E-state index < -0.39 is 0 Å². The molecule has 98 valence electrons. The summed E-state index contributed by atoms with van der Waals surface area (Å²) < 4.78 is 1.99. The lowest BCUT2D eigenvalue weighted by atomic mass is 10.1. The maximum absolute atomic E-state index is 11.1. The molecule has 0 aliphatic heterocycles. The third-order valence-electron chi connectivity index (χ3n) is 2.93. The van der Waals surface area contributed by atoms with E-state index >= 15 is 0 Å². The van der Waals surface area contributed by atoms with Gasteiger partial charge in [-0.1, -0.05) is 30.3 Å². The van der Waals surface area contributed by atoms with Crippen molar-refractivity contribution in [3.05, 3.63) is 75.7 Å². The van der Waals surface area contributed by atoms with Crippen molar-refractivity contribution in [1.82, 2.24) is 4.57 Å². The Bertz CT molecular complexity index is 585. The van der Waals surface area contributed by atoms with Crippen LogP contribution in [0.1, 0.15) is 18.1 Å². The van der Waals surface area contributed by atoms with Crippen LogP contribution in [0.5, 0.6) is 0 Å². The van der Waals surface area contributed by atoms with Gasteiger partial charge in [-0.3, -0.25) is 10.1 Å². The van der Waals surface area contributed by atoms with Gasteiger partial charge < -0.3 is 4.57 Å². The van der Waals surface area contributed by atoms with Crippen molar-refractivity contribution in [3.8, 4) is 0 Å². The van der Waals surface area contributed by atoms with E-state index in [1.165, 1.54) is 0 Å². The summed E-state index contributed by atoms with van der Waals surface area (Å²) in [5, 5.41) is 11.1. The minimum atomic E-state index is -0.309.